The van der Waals surface area contributed by atoms with Crippen molar-refractivity contribution in [3.8, 4) is 21.9 Å². The maximum absolute atomic E-state index is 5.42. The number of nitrogens with zero attached hydrogens (tertiary/aromatic N) is 2. The number of ether oxygens (including phenoxy) is 2. The molecule has 3 aromatic rings. The largest absolute Gasteiger partial charge is 0.493 e. The summed E-state index contributed by atoms with van der Waals surface area (Å²) in [6, 6.07) is 17.3. The third-order valence-electron chi connectivity index (χ3n) is 5.60. The van der Waals surface area contributed by atoms with Gasteiger partial charge >= 0.3 is 0 Å². The third kappa shape index (κ3) is 5.19. The lowest BCUT2D eigenvalue weighted by Crippen LogP contribution is -2.41. The van der Waals surface area contributed by atoms with Crippen molar-refractivity contribution in [2.24, 2.45) is 0 Å². The van der Waals surface area contributed by atoms with Crippen LogP contribution in [0.5, 0.6) is 11.5 Å². The Morgan fingerprint density at radius 1 is 1.03 bits per heavy atom. The van der Waals surface area contributed by atoms with Crippen molar-refractivity contribution in [1.29, 1.82) is 0 Å². The van der Waals surface area contributed by atoms with E-state index in [4.69, 9.17) is 9.47 Å². The van der Waals surface area contributed by atoms with E-state index < -0.39 is 0 Å². The summed E-state index contributed by atoms with van der Waals surface area (Å²) in [5, 5.41) is 4.82. The number of thiazole rings is 1. The zero-order valence-electron chi connectivity index (χ0n) is 17.6. The topological polar surface area (TPSA) is 46.6 Å². The molecule has 0 radical (unpaired) electrons. The van der Waals surface area contributed by atoms with Crippen LogP contribution < -0.4 is 14.8 Å². The summed E-state index contributed by atoms with van der Waals surface area (Å²) < 4.78 is 10.7. The van der Waals surface area contributed by atoms with Gasteiger partial charge in [0, 0.05) is 25.3 Å². The summed E-state index contributed by atoms with van der Waals surface area (Å²) in [4.78, 5) is 8.31. The van der Waals surface area contributed by atoms with Crippen LogP contribution in [0, 0.1) is 0 Å². The lowest BCUT2D eigenvalue weighted by atomic mass is 10.0. The molecule has 0 aliphatic carbocycles. The first-order valence-electron chi connectivity index (χ1n) is 10.4. The number of nitrogens with one attached hydrogen (secondary N) is 1. The van der Waals surface area contributed by atoms with E-state index in [1.165, 1.54) is 18.4 Å². The molecule has 1 aromatic heterocycles. The van der Waals surface area contributed by atoms with Gasteiger partial charge in [-0.05, 0) is 55.3 Å². The zero-order chi connectivity index (χ0) is 20.8. The normalized spacial score (nSPS) is 15.3. The number of rotatable bonds is 8. The van der Waals surface area contributed by atoms with Crippen molar-refractivity contribution >= 4 is 11.3 Å². The average Bonchev–Trinajstić information content (AvgIpc) is 3.28. The molecule has 2 heterocycles. The van der Waals surface area contributed by atoms with E-state index in [-0.39, 0.29) is 0 Å². The standard InChI is InChI=1S/C24H29N3O2S/c1-28-21-9-8-19(14-22(21)29-2)23-15-26-24(30-23)16-25-20-10-12-27(13-11-20)17-18-6-4-3-5-7-18/h3-9,14-15,20,25H,10-13,16-17H2,1-2H3. The predicted octanol–water partition coefficient (Wildman–Crippen LogP) is 4.58. The summed E-state index contributed by atoms with van der Waals surface area (Å²) in [5.74, 6) is 1.48. The van der Waals surface area contributed by atoms with Crippen molar-refractivity contribution in [1.82, 2.24) is 15.2 Å². The Balaban J connectivity index is 1.27. The van der Waals surface area contributed by atoms with Gasteiger partial charge in [0.25, 0.3) is 0 Å². The Hall–Kier alpha value is -2.41. The minimum absolute atomic E-state index is 0.561. The van der Waals surface area contributed by atoms with Crippen LogP contribution in [0.15, 0.2) is 54.7 Å². The van der Waals surface area contributed by atoms with Crippen LogP contribution >= 0.6 is 11.3 Å². The highest BCUT2D eigenvalue weighted by Gasteiger charge is 2.19. The quantitative estimate of drug-likeness (QED) is 0.575. The molecule has 0 unspecified atom stereocenters. The number of hydrogen-bond acceptors (Lipinski definition) is 6. The van der Waals surface area contributed by atoms with Crippen molar-refractivity contribution in [2.45, 2.75) is 32.0 Å². The highest BCUT2D eigenvalue weighted by atomic mass is 32.1. The summed E-state index contributed by atoms with van der Waals surface area (Å²) in [7, 11) is 3.31. The number of piperidine rings is 1. The minimum atomic E-state index is 0.561. The summed E-state index contributed by atoms with van der Waals surface area (Å²) in [5.41, 5.74) is 2.50. The van der Waals surface area contributed by atoms with Gasteiger partial charge in [-0.25, -0.2) is 4.98 Å². The number of likely N-dealkylation sites (tertiary alicyclic amines) is 1. The number of benzene rings is 2. The Bertz CT molecular complexity index is 937. The second-order valence-electron chi connectivity index (χ2n) is 7.60. The van der Waals surface area contributed by atoms with Crippen LogP contribution in [-0.4, -0.2) is 43.2 Å². The first-order chi connectivity index (χ1) is 14.7. The van der Waals surface area contributed by atoms with E-state index in [9.17, 15) is 0 Å². The van der Waals surface area contributed by atoms with Crippen LogP contribution in [-0.2, 0) is 13.1 Å². The lowest BCUT2D eigenvalue weighted by molar-refractivity contribution is 0.190. The van der Waals surface area contributed by atoms with Gasteiger partial charge in [-0.2, -0.15) is 0 Å². The van der Waals surface area contributed by atoms with E-state index in [0.717, 1.165) is 53.1 Å². The number of aromatic nitrogens is 1. The van der Waals surface area contributed by atoms with E-state index >= 15 is 0 Å². The van der Waals surface area contributed by atoms with Crippen LogP contribution in [0.25, 0.3) is 10.4 Å². The molecule has 30 heavy (non-hydrogen) atoms. The second-order valence-corrected chi connectivity index (χ2v) is 8.72. The SMILES string of the molecule is COc1ccc(-c2cnc(CNC3CCN(Cc4ccccc4)CC3)s2)cc1OC. The Morgan fingerprint density at radius 2 is 1.80 bits per heavy atom. The molecular weight excluding hydrogens is 394 g/mol. The molecule has 2 aromatic carbocycles. The summed E-state index contributed by atoms with van der Waals surface area (Å²) >= 11 is 1.73. The van der Waals surface area contributed by atoms with Gasteiger partial charge in [-0.15, -0.1) is 11.3 Å². The van der Waals surface area contributed by atoms with Crippen LogP contribution in [0.4, 0.5) is 0 Å². The molecule has 0 spiro atoms. The summed E-state index contributed by atoms with van der Waals surface area (Å²) in [6.45, 7) is 4.15. The molecule has 4 rings (SSSR count). The molecule has 1 aliphatic rings. The van der Waals surface area contributed by atoms with Gasteiger partial charge in [0.05, 0.1) is 19.1 Å². The Morgan fingerprint density at radius 3 is 2.53 bits per heavy atom. The molecule has 1 saturated heterocycles. The molecule has 0 amide bonds. The van der Waals surface area contributed by atoms with Crippen molar-refractivity contribution in [3.63, 3.8) is 0 Å². The lowest BCUT2D eigenvalue weighted by Gasteiger charge is -2.32. The molecule has 5 nitrogen and oxygen atoms in total. The maximum Gasteiger partial charge on any atom is 0.161 e. The van der Waals surface area contributed by atoms with E-state index in [0.29, 0.717) is 6.04 Å². The number of hydrogen-bond donors (Lipinski definition) is 1. The second kappa shape index (κ2) is 10.1. The van der Waals surface area contributed by atoms with Gasteiger partial charge < -0.3 is 14.8 Å². The molecule has 1 aliphatic heterocycles. The average molecular weight is 424 g/mol. The number of methoxy groups -OCH3 is 2. The van der Waals surface area contributed by atoms with Crippen LogP contribution in [0.2, 0.25) is 0 Å². The zero-order valence-corrected chi connectivity index (χ0v) is 18.5. The predicted molar refractivity (Wildman–Crippen MR) is 122 cm³/mol. The van der Waals surface area contributed by atoms with Gasteiger partial charge in [-0.3, -0.25) is 4.90 Å². The first-order valence-corrected chi connectivity index (χ1v) is 11.2. The van der Waals surface area contributed by atoms with E-state index in [1.807, 2.05) is 18.3 Å². The van der Waals surface area contributed by atoms with E-state index in [2.05, 4.69) is 51.6 Å². The smallest absolute Gasteiger partial charge is 0.161 e. The Labute approximate surface area is 182 Å². The molecule has 0 bridgehead atoms. The molecule has 1 fully saturated rings. The minimum Gasteiger partial charge on any atom is -0.493 e. The van der Waals surface area contributed by atoms with Crippen molar-refractivity contribution in [2.75, 3.05) is 27.3 Å². The molecule has 1 N–H and O–H groups in total. The molecule has 0 atom stereocenters. The van der Waals surface area contributed by atoms with Crippen LogP contribution in [0.1, 0.15) is 23.4 Å². The fourth-order valence-electron chi connectivity index (χ4n) is 3.88. The molecule has 0 saturated carbocycles. The van der Waals surface area contributed by atoms with Gasteiger partial charge in [0.1, 0.15) is 5.01 Å². The van der Waals surface area contributed by atoms with Gasteiger partial charge in [0.15, 0.2) is 11.5 Å². The fraction of sp³-hybridized carbons (Fsp3) is 0.375. The fourth-order valence-corrected chi connectivity index (χ4v) is 4.75. The molecule has 6 heteroatoms. The highest BCUT2D eigenvalue weighted by molar-refractivity contribution is 7.15. The highest BCUT2D eigenvalue weighted by Crippen LogP contribution is 2.34. The maximum atomic E-state index is 5.42. The van der Waals surface area contributed by atoms with Crippen LogP contribution in [0.3, 0.4) is 0 Å². The monoisotopic (exact) mass is 423 g/mol. The Kier molecular flexibility index (Phi) is 7.00. The molecular formula is C24H29N3O2S. The van der Waals surface area contributed by atoms with E-state index in [1.54, 1.807) is 25.6 Å². The molecule has 158 valence electrons. The van der Waals surface area contributed by atoms with Crippen molar-refractivity contribution in [3.05, 3.63) is 65.3 Å². The third-order valence-corrected chi connectivity index (χ3v) is 6.65. The summed E-state index contributed by atoms with van der Waals surface area (Å²) in [6.07, 6.45) is 4.31. The first kappa shape index (κ1) is 20.8. The van der Waals surface area contributed by atoms with Crippen molar-refractivity contribution < 1.29 is 9.47 Å². The van der Waals surface area contributed by atoms with Gasteiger partial charge in [-0.1, -0.05) is 30.3 Å². The van der Waals surface area contributed by atoms with Gasteiger partial charge in [0.2, 0.25) is 0 Å².